The van der Waals surface area contributed by atoms with Gasteiger partial charge in [0.25, 0.3) is 5.69 Å². The fourth-order valence-electron chi connectivity index (χ4n) is 1.64. The van der Waals surface area contributed by atoms with Crippen LogP contribution in [0.5, 0.6) is 0 Å². The molecule has 1 aromatic carbocycles. The molecule has 2 aromatic rings. The van der Waals surface area contributed by atoms with Gasteiger partial charge in [-0.1, -0.05) is 0 Å². The number of non-ortho nitro benzene ring substituents is 1. The Kier molecular flexibility index (Phi) is 4.29. The van der Waals surface area contributed by atoms with Gasteiger partial charge in [-0.3, -0.25) is 10.1 Å². The van der Waals surface area contributed by atoms with Gasteiger partial charge in [-0.25, -0.2) is 22.5 Å². The van der Waals surface area contributed by atoms with Gasteiger partial charge in [-0.15, -0.1) is 0 Å². The zero-order chi connectivity index (χ0) is 15.5. The first-order valence-electron chi connectivity index (χ1n) is 5.82. The highest BCUT2D eigenvalue weighted by Crippen LogP contribution is 2.20. The summed E-state index contributed by atoms with van der Waals surface area (Å²) in [5, 5.41) is 10.5. The van der Waals surface area contributed by atoms with Gasteiger partial charge in [0.15, 0.2) is 0 Å². The van der Waals surface area contributed by atoms with Crippen LogP contribution in [0.1, 0.15) is 5.82 Å². The van der Waals surface area contributed by atoms with Crippen molar-refractivity contribution >= 4 is 15.7 Å². The van der Waals surface area contributed by atoms with E-state index in [1.165, 1.54) is 6.20 Å². The number of nitrogens with zero attached hydrogens (tertiary/aromatic N) is 2. The second kappa shape index (κ2) is 5.97. The smallest absolute Gasteiger partial charge is 0.272 e. The van der Waals surface area contributed by atoms with Crippen molar-refractivity contribution in [2.45, 2.75) is 11.3 Å². The van der Waals surface area contributed by atoms with Gasteiger partial charge in [0, 0.05) is 31.4 Å². The Morgan fingerprint density at radius 1 is 1.43 bits per heavy atom. The number of hydrogen-bond donors (Lipinski definition) is 2. The minimum absolute atomic E-state index is 0.0201. The molecule has 2 rings (SSSR count). The largest absolute Gasteiger partial charge is 0.349 e. The van der Waals surface area contributed by atoms with E-state index in [0.717, 1.165) is 12.1 Å². The maximum atomic E-state index is 13.7. The summed E-state index contributed by atoms with van der Waals surface area (Å²) in [7, 11) is -4.08. The lowest BCUT2D eigenvalue weighted by atomic mass is 10.3. The molecule has 0 bridgehead atoms. The van der Waals surface area contributed by atoms with E-state index in [1.54, 1.807) is 6.20 Å². The Morgan fingerprint density at radius 3 is 2.76 bits per heavy atom. The van der Waals surface area contributed by atoms with Gasteiger partial charge < -0.3 is 4.98 Å². The van der Waals surface area contributed by atoms with Crippen molar-refractivity contribution in [3.8, 4) is 0 Å². The standard InChI is InChI=1S/C11H11FN4O4S/c12-9-7-8(16(17)18)1-2-10(9)21(19,20)15-4-3-11-13-5-6-14-11/h1-2,5-7,15H,3-4H2,(H,13,14). The highest BCUT2D eigenvalue weighted by molar-refractivity contribution is 7.89. The molecule has 0 aliphatic rings. The second-order valence-electron chi connectivity index (χ2n) is 4.06. The summed E-state index contributed by atoms with van der Waals surface area (Å²) in [6, 6.07) is 2.37. The van der Waals surface area contributed by atoms with E-state index in [1.807, 2.05) is 0 Å². The molecule has 0 aliphatic heterocycles. The number of nitro benzene ring substituents is 1. The number of nitro groups is 1. The molecular formula is C11H11FN4O4S. The molecule has 0 aliphatic carbocycles. The van der Waals surface area contributed by atoms with Crippen molar-refractivity contribution in [1.29, 1.82) is 0 Å². The molecule has 1 heterocycles. The summed E-state index contributed by atoms with van der Waals surface area (Å²) in [5.41, 5.74) is -0.512. The molecule has 0 atom stereocenters. The highest BCUT2D eigenvalue weighted by Gasteiger charge is 2.21. The molecule has 0 fully saturated rings. The van der Waals surface area contributed by atoms with Crippen LogP contribution in [0.2, 0.25) is 0 Å². The van der Waals surface area contributed by atoms with Crippen LogP contribution in [0, 0.1) is 15.9 Å². The molecule has 1 aromatic heterocycles. The van der Waals surface area contributed by atoms with Crippen molar-refractivity contribution < 1.29 is 17.7 Å². The maximum Gasteiger partial charge on any atom is 0.272 e. The average Bonchev–Trinajstić information content (AvgIpc) is 2.91. The number of hydrogen-bond acceptors (Lipinski definition) is 5. The third kappa shape index (κ3) is 3.61. The Morgan fingerprint density at radius 2 is 2.19 bits per heavy atom. The third-order valence-electron chi connectivity index (χ3n) is 2.62. The Bertz CT molecular complexity index is 746. The molecule has 8 nitrogen and oxygen atoms in total. The molecule has 21 heavy (non-hydrogen) atoms. The SMILES string of the molecule is O=[N+]([O-])c1ccc(S(=O)(=O)NCCc2ncc[nH]2)c(F)c1. The van der Waals surface area contributed by atoms with E-state index >= 15 is 0 Å². The second-order valence-corrected chi connectivity index (χ2v) is 5.79. The van der Waals surface area contributed by atoms with Crippen LogP contribution in [-0.2, 0) is 16.4 Å². The summed E-state index contributed by atoms with van der Waals surface area (Å²) in [6.07, 6.45) is 3.43. The van der Waals surface area contributed by atoms with E-state index in [9.17, 15) is 22.9 Å². The summed E-state index contributed by atoms with van der Waals surface area (Å²) in [4.78, 5) is 15.8. The number of sulfonamides is 1. The van der Waals surface area contributed by atoms with Crippen LogP contribution in [0.15, 0.2) is 35.5 Å². The van der Waals surface area contributed by atoms with E-state index < -0.39 is 31.3 Å². The van der Waals surface area contributed by atoms with Crippen LogP contribution in [0.25, 0.3) is 0 Å². The fourth-order valence-corrected chi connectivity index (χ4v) is 2.73. The summed E-state index contributed by atoms with van der Waals surface area (Å²) < 4.78 is 39.7. The quantitative estimate of drug-likeness (QED) is 0.608. The number of H-pyrrole nitrogens is 1. The van der Waals surface area contributed by atoms with Crippen molar-refractivity contribution in [1.82, 2.24) is 14.7 Å². The molecule has 10 heteroatoms. The third-order valence-corrected chi connectivity index (χ3v) is 4.12. The lowest BCUT2D eigenvalue weighted by Gasteiger charge is -2.06. The first kappa shape index (κ1) is 15.1. The van der Waals surface area contributed by atoms with Crippen LogP contribution < -0.4 is 4.72 Å². The first-order chi connectivity index (χ1) is 9.90. The first-order valence-corrected chi connectivity index (χ1v) is 7.30. The predicted molar refractivity (Wildman–Crippen MR) is 70.5 cm³/mol. The average molecular weight is 314 g/mol. The van der Waals surface area contributed by atoms with E-state index in [-0.39, 0.29) is 6.54 Å². The summed E-state index contributed by atoms with van der Waals surface area (Å²) in [6.45, 7) is 0.0201. The molecule has 112 valence electrons. The number of halogens is 1. The number of rotatable bonds is 6. The number of imidazole rings is 1. The molecule has 0 radical (unpaired) electrons. The normalized spacial score (nSPS) is 11.5. The van der Waals surface area contributed by atoms with Gasteiger partial charge in [0.05, 0.1) is 11.0 Å². The van der Waals surface area contributed by atoms with Gasteiger partial charge in [-0.05, 0) is 6.07 Å². The molecule has 2 N–H and O–H groups in total. The minimum atomic E-state index is -4.08. The Labute approximate surface area is 119 Å². The number of aromatic nitrogens is 2. The fraction of sp³-hybridized carbons (Fsp3) is 0.182. The van der Waals surface area contributed by atoms with Crippen LogP contribution in [0.3, 0.4) is 0 Å². The van der Waals surface area contributed by atoms with Crippen molar-refractivity contribution in [2.24, 2.45) is 0 Å². The van der Waals surface area contributed by atoms with Crippen LogP contribution in [0.4, 0.5) is 10.1 Å². The topological polar surface area (TPSA) is 118 Å². The predicted octanol–water partition coefficient (Wildman–Crippen LogP) is 0.978. The molecule has 0 saturated carbocycles. The van der Waals surface area contributed by atoms with Crippen LogP contribution in [-0.4, -0.2) is 29.9 Å². The number of benzene rings is 1. The molecular weight excluding hydrogens is 303 g/mol. The molecule has 0 saturated heterocycles. The number of nitrogens with one attached hydrogen (secondary N) is 2. The maximum absolute atomic E-state index is 13.7. The van der Waals surface area contributed by atoms with Gasteiger partial charge in [0.2, 0.25) is 10.0 Å². The van der Waals surface area contributed by atoms with Crippen molar-refractivity contribution in [3.63, 3.8) is 0 Å². The Balaban J connectivity index is 2.10. The van der Waals surface area contributed by atoms with Crippen molar-refractivity contribution in [3.05, 3.63) is 52.3 Å². The van der Waals surface area contributed by atoms with Gasteiger partial charge in [0.1, 0.15) is 16.5 Å². The molecule has 0 spiro atoms. The van der Waals surface area contributed by atoms with Gasteiger partial charge >= 0.3 is 0 Å². The monoisotopic (exact) mass is 314 g/mol. The summed E-state index contributed by atoms with van der Waals surface area (Å²) in [5.74, 6) is -0.587. The number of aromatic amines is 1. The highest BCUT2D eigenvalue weighted by atomic mass is 32.2. The minimum Gasteiger partial charge on any atom is -0.349 e. The zero-order valence-electron chi connectivity index (χ0n) is 10.6. The van der Waals surface area contributed by atoms with E-state index in [4.69, 9.17) is 0 Å². The van der Waals surface area contributed by atoms with E-state index in [2.05, 4.69) is 14.7 Å². The lowest BCUT2D eigenvalue weighted by Crippen LogP contribution is -2.27. The Hall–Kier alpha value is -2.33. The molecule has 0 unspecified atom stereocenters. The van der Waals surface area contributed by atoms with E-state index in [0.29, 0.717) is 18.3 Å². The lowest BCUT2D eigenvalue weighted by molar-refractivity contribution is -0.385. The summed E-state index contributed by atoms with van der Waals surface area (Å²) >= 11 is 0. The van der Waals surface area contributed by atoms with Crippen LogP contribution >= 0.6 is 0 Å². The van der Waals surface area contributed by atoms with Gasteiger partial charge in [-0.2, -0.15) is 0 Å². The zero-order valence-corrected chi connectivity index (χ0v) is 11.4. The molecule has 0 amide bonds. The van der Waals surface area contributed by atoms with Crippen molar-refractivity contribution in [2.75, 3.05) is 6.54 Å².